The van der Waals surface area contributed by atoms with Crippen LogP contribution in [0, 0.1) is 11.8 Å². The molecule has 0 saturated heterocycles. The zero-order chi connectivity index (χ0) is 14.8. The van der Waals surface area contributed by atoms with Crippen LogP contribution in [-0.2, 0) is 10.8 Å². The maximum absolute atomic E-state index is 12.0. The van der Waals surface area contributed by atoms with Crippen LogP contribution >= 0.6 is 0 Å². The Morgan fingerprint density at radius 2 is 2.15 bits per heavy atom. The number of carbonyl (C=O) groups excluding carboxylic acids is 1. The van der Waals surface area contributed by atoms with Gasteiger partial charge in [-0.05, 0) is 12.1 Å². The lowest BCUT2D eigenvalue weighted by Crippen LogP contribution is -2.28. The zero-order valence-electron chi connectivity index (χ0n) is 11.5. The van der Waals surface area contributed by atoms with Crippen molar-refractivity contribution in [2.24, 2.45) is 0 Å². The number of benzene rings is 1. The third kappa shape index (κ3) is 5.55. The van der Waals surface area contributed by atoms with Gasteiger partial charge in [-0.15, -0.1) is 0 Å². The van der Waals surface area contributed by atoms with Gasteiger partial charge < -0.3 is 10.4 Å². The number of rotatable bonds is 6. The summed E-state index contributed by atoms with van der Waals surface area (Å²) in [5.74, 6) is 6.52. The zero-order valence-corrected chi connectivity index (χ0v) is 12.3. The van der Waals surface area contributed by atoms with E-state index in [2.05, 4.69) is 17.2 Å². The molecule has 1 rings (SSSR count). The van der Waals surface area contributed by atoms with Gasteiger partial charge in [0.15, 0.2) is 0 Å². The summed E-state index contributed by atoms with van der Waals surface area (Å²) in [6.45, 7) is 2.24. The van der Waals surface area contributed by atoms with E-state index >= 15 is 0 Å². The fourth-order valence-electron chi connectivity index (χ4n) is 1.52. The van der Waals surface area contributed by atoms with E-state index in [1.54, 1.807) is 18.2 Å². The molecule has 0 aromatic heterocycles. The minimum absolute atomic E-state index is 0.00416. The fraction of sp³-hybridized carbons (Fsp3) is 0.400. The van der Waals surface area contributed by atoms with Crippen LogP contribution in [0.1, 0.15) is 29.3 Å². The largest absolute Gasteiger partial charge is 0.395 e. The number of hydrogen-bond donors (Lipinski definition) is 2. The van der Waals surface area contributed by atoms with Crippen LogP contribution in [0.25, 0.3) is 0 Å². The van der Waals surface area contributed by atoms with Crippen LogP contribution in [0.15, 0.2) is 24.3 Å². The summed E-state index contributed by atoms with van der Waals surface area (Å²) < 4.78 is 11.3. The van der Waals surface area contributed by atoms with E-state index in [0.29, 0.717) is 35.6 Å². The minimum Gasteiger partial charge on any atom is -0.395 e. The van der Waals surface area contributed by atoms with Gasteiger partial charge in [0.25, 0.3) is 5.91 Å². The maximum Gasteiger partial charge on any atom is 0.252 e. The molecule has 1 unspecified atom stereocenters. The van der Waals surface area contributed by atoms with Gasteiger partial charge in [0.05, 0.1) is 12.2 Å². The molecule has 20 heavy (non-hydrogen) atoms. The van der Waals surface area contributed by atoms with E-state index in [9.17, 15) is 9.00 Å². The minimum atomic E-state index is -0.882. The van der Waals surface area contributed by atoms with Crippen molar-refractivity contribution in [2.75, 3.05) is 24.7 Å². The van der Waals surface area contributed by atoms with Crippen LogP contribution in [-0.4, -0.2) is 39.9 Å². The molecule has 0 spiro atoms. The third-order valence-corrected chi connectivity index (χ3v) is 3.87. The van der Waals surface area contributed by atoms with E-state index in [-0.39, 0.29) is 12.5 Å². The first-order valence-electron chi connectivity index (χ1n) is 6.51. The molecule has 0 aliphatic carbocycles. The monoisotopic (exact) mass is 293 g/mol. The Labute approximate surface area is 122 Å². The highest BCUT2D eigenvalue weighted by Crippen LogP contribution is 2.07. The van der Waals surface area contributed by atoms with Gasteiger partial charge in [-0.2, -0.15) is 0 Å². The second kappa shape index (κ2) is 9.29. The molecule has 108 valence electrons. The summed E-state index contributed by atoms with van der Waals surface area (Å²) >= 11 is 0. The maximum atomic E-state index is 12.0. The lowest BCUT2D eigenvalue weighted by atomic mass is 10.1. The van der Waals surface area contributed by atoms with Gasteiger partial charge in [-0.1, -0.05) is 30.9 Å². The van der Waals surface area contributed by atoms with Gasteiger partial charge in [-0.25, -0.2) is 0 Å². The third-order valence-electron chi connectivity index (χ3n) is 2.57. The molecule has 1 aromatic rings. The molecule has 0 aliphatic heterocycles. The van der Waals surface area contributed by atoms with Crippen LogP contribution in [0.4, 0.5) is 0 Å². The first-order chi connectivity index (χ1) is 9.69. The van der Waals surface area contributed by atoms with Crippen molar-refractivity contribution in [3.8, 4) is 11.8 Å². The predicted octanol–water partition coefficient (Wildman–Crippen LogP) is 0.919. The summed E-state index contributed by atoms with van der Waals surface area (Å²) in [7, 11) is -0.882. The number of aliphatic hydroxyl groups excluding tert-OH is 1. The SMILES string of the molecule is CCS(=O)CCNC(=O)c1ccccc1C#CCCO. The summed E-state index contributed by atoms with van der Waals surface area (Å²) in [5, 5.41) is 11.4. The Morgan fingerprint density at radius 3 is 2.85 bits per heavy atom. The number of nitrogens with one attached hydrogen (secondary N) is 1. The van der Waals surface area contributed by atoms with Crippen molar-refractivity contribution in [2.45, 2.75) is 13.3 Å². The van der Waals surface area contributed by atoms with Gasteiger partial charge in [0.1, 0.15) is 0 Å². The lowest BCUT2D eigenvalue weighted by Gasteiger charge is -2.06. The smallest absolute Gasteiger partial charge is 0.252 e. The van der Waals surface area contributed by atoms with E-state index in [0.717, 1.165) is 0 Å². The average molecular weight is 293 g/mol. The van der Waals surface area contributed by atoms with E-state index in [4.69, 9.17) is 5.11 Å². The van der Waals surface area contributed by atoms with Crippen molar-refractivity contribution in [1.82, 2.24) is 5.32 Å². The summed E-state index contributed by atoms with van der Waals surface area (Å²) in [6, 6.07) is 7.06. The molecule has 1 atom stereocenters. The number of carbonyl (C=O) groups is 1. The van der Waals surface area contributed by atoms with Gasteiger partial charge in [0, 0.05) is 40.8 Å². The Bertz CT molecular complexity index is 531. The number of hydrogen-bond acceptors (Lipinski definition) is 3. The molecule has 5 heteroatoms. The molecular weight excluding hydrogens is 274 g/mol. The first-order valence-corrected chi connectivity index (χ1v) is 7.99. The van der Waals surface area contributed by atoms with Crippen molar-refractivity contribution in [1.29, 1.82) is 0 Å². The molecule has 0 fully saturated rings. The molecule has 0 saturated carbocycles. The van der Waals surface area contributed by atoms with Crippen molar-refractivity contribution < 1.29 is 14.1 Å². The molecular formula is C15H19NO3S. The van der Waals surface area contributed by atoms with E-state index in [1.165, 1.54) is 0 Å². The second-order valence-corrected chi connectivity index (χ2v) is 5.87. The fourth-order valence-corrected chi connectivity index (χ4v) is 2.14. The molecule has 0 bridgehead atoms. The van der Waals surface area contributed by atoms with Gasteiger partial charge >= 0.3 is 0 Å². The first kappa shape index (κ1) is 16.4. The van der Waals surface area contributed by atoms with Crippen molar-refractivity contribution in [3.05, 3.63) is 35.4 Å². The quantitative estimate of drug-likeness (QED) is 0.767. The topological polar surface area (TPSA) is 66.4 Å². The Balaban J connectivity index is 2.68. The molecule has 0 aliphatic rings. The molecule has 0 radical (unpaired) electrons. The Morgan fingerprint density at radius 1 is 1.40 bits per heavy atom. The highest BCUT2D eigenvalue weighted by molar-refractivity contribution is 7.84. The second-order valence-electron chi connectivity index (χ2n) is 4.01. The van der Waals surface area contributed by atoms with Crippen LogP contribution < -0.4 is 5.32 Å². The normalized spacial score (nSPS) is 11.3. The molecule has 0 heterocycles. The van der Waals surface area contributed by atoms with E-state index in [1.807, 2.05) is 13.0 Å². The number of aliphatic hydroxyl groups is 1. The highest BCUT2D eigenvalue weighted by atomic mass is 32.2. The van der Waals surface area contributed by atoms with Crippen LogP contribution in [0.2, 0.25) is 0 Å². The number of amides is 1. The predicted molar refractivity (Wildman–Crippen MR) is 80.9 cm³/mol. The van der Waals surface area contributed by atoms with Crippen LogP contribution in [0.3, 0.4) is 0 Å². The van der Waals surface area contributed by atoms with Gasteiger partial charge in [0.2, 0.25) is 0 Å². The van der Waals surface area contributed by atoms with Crippen LogP contribution in [0.5, 0.6) is 0 Å². The molecule has 1 aromatic carbocycles. The Kier molecular flexibility index (Phi) is 7.63. The highest BCUT2D eigenvalue weighted by Gasteiger charge is 2.09. The molecule has 1 amide bonds. The summed E-state index contributed by atoms with van der Waals surface area (Å²) in [6.07, 6.45) is 0.380. The van der Waals surface area contributed by atoms with Gasteiger partial charge in [-0.3, -0.25) is 9.00 Å². The van der Waals surface area contributed by atoms with Crippen molar-refractivity contribution in [3.63, 3.8) is 0 Å². The Hall–Kier alpha value is -1.64. The average Bonchev–Trinajstić information content (AvgIpc) is 2.47. The summed E-state index contributed by atoms with van der Waals surface area (Å²) in [5.41, 5.74) is 1.13. The van der Waals surface area contributed by atoms with E-state index < -0.39 is 10.8 Å². The standard InChI is InChI=1S/C15H19NO3S/c1-2-20(19)12-10-16-15(18)14-9-4-3-7-13(14)8-5-6-11-17/h3-4,7,9,17H,2,6,10-12H2,1H3,(H,16,18). The van der Waals surface area contributed by atoms with Crippen molar-refractivity contribution >= 4 is 16.7 Å². The molecule has 4 nitrogen and oxygen atoms in total. The summed E-state index contributed by atoms with van der Waals surface area (Å²) in [4.78, 5) is 12.0. The molecule has 2 N–H and O–H groups in total. The lowest BCUT2D eigenvalue weighted by molar-refractivity contribution is 0.0956.